The maximum absolute atomic E-state index is 3.99. The lowest BCUT2D eigenvalue weighted by Gasteiger charge is -2.01. The summed E-state index contributed by atoms with van der Waals surface area (Å²) in [4.78, 5) is 0. The minimum atomic E-state index is 1.09. The first-order valence-corrected chi connectivity index (χ1v) is 4.83. The average Bonchev–Trinajstić information content (AvgIpc) is 2.52. The molecule has 1 aromatic carbocycles. The van der Waals surface area contributed by atoms with E-state index in [2.05, 4.69) is 32.2 Å². The molecular weight excluding hydrogens is 228 g/mol. The summed E-state index contributed by atoms with van der Waals surface area (Å²) in [5, 5.41) is 6.92. The van der Waals surface area contributed by atoms with E-state index in [-0.39, 0.29) is 0 Å². The van der Waals surface area contributed by atoms with Crippen LogP contribution in [0.2, 0.25) is 0 Å². The molecule has 0 aliphatic carbocycles. The Morgan fingerprint density at radius 1 is 1.23 bits per heavy atom. The average molecular weight is 237 g/mol. The third-order valence-corrected chi connectivity index (χ3v) is 2.69. The summed E-state index contributed by atoms with van der Waals surface area (Å²) in [6.07, 6.45) is 1.84. The molecule has 0 aliphatic rings. The summed E-state index contributed by atoms with van der Waals surface area (Å²) in [5.74, 6) is 0. The third kappa shape index (κ3) is 1.52. The van der Waals surface area contributed by atoms with Crippen molar-refractivity contribution in [2.24, 2.45) is 0 Å². The number of nitrogens with one attached hydrogen (secondary N) is 1. The maximum Gasteiger partial charge on any atom is 0.0569 e. The van der Waals surface area contributed by atoms with Gasteiger partial charge in [0.05, 0.1) is 6.20 Å². The molecule has 1 aromatic heterocycles. The normalized spacial score (nSPS) is 10.3. The SMILES string of the molecule is Cc1[nH]ncc1-c1ccccc1Br. The lowest BCUT2D eigenvalue weighted by Crippen LogP contribution is -1.79. The molecule has 0 spiro atoms. The van der Waals surface area contributed by atoms with Gasteiger partial charge in [-0.15, -0.1) is 0 Å². The Kier molecular flexibility index (Phi) is 2.19. The lowest BCUT2D eigenvalue weighted by atomic mass is 10.1. The van der Waals surface area contributed by atoms with Crippen molar-refractivity contribution in [2.75, 3.05) is 0 Å². The van der Waals surface area contributed by atoms with E-state index in [1.165, 1.54) is 5.56 Å². The highest BCUT2D eigenvalue weighted by molar-refractivity contribution is 9.10. The summed E-state index contributed by atoms with van der Waals surface area (Å²) in [6.45, 7) is 2.02. The topological polar surface area (TPSA) is 28.7 Å². The molecule has 1 heterocycles. The van der Waals surface area contributed by atoms with Crippen LogP contribution in [0.1, 0.15) is 5.69 Å². The first kappa shape index (κ1) is 8.51. The summed E-state index contributed by atoms with van der Waals surface area (Å²) in [7, 11) is 0. The van der Waals surface area contributed by atoms with Crippen molar-refractivity contribution >= 4 is 15.9 Å². The van der Waals surface area contributed by atoms with E-state index in [1.54, 1.807) is 0 Å². The number of aryl methyl sites for hydroxylation is 1. The molecule has 2 rings (SSSR count). The number of nitrogens with zero attached hydrogens (tertiary/aromatic N) is 1. The van der Waals surface area contributed by atoms with Gasteiger partial charge in [0.25, 0.3) is 0 Å². The molecule has 0 bridgehead atoms. The van der Waals surface area contributed by atoms with Gasteiger partial charge in [0.2, 0.25) is 0 Å². The molecule has 66 valence electrons. The smallest absolute Gasteiger partial charge is 0.0569 e. The van der Waals surface area contributed by atoms with Gasteiger partial charge in [-0.2, -0.15) is 5.10 Å². The monoisotopic (exact) mass is 236 g/mol. The van der Waals surface area contributed by atoms with Crippen LogP contribution in [-0.2, 0) is 0 Å². The number of benzene rings is 1. The highest BCUT2D eigenvalue weighted by atomic mass is 79.9. The fraction of sp³-hybridized carbons (Fsp3) is 0.100. The number of rotatable bonds is 1. The van der Waals surface area contributed by atoms with Crippen LogP contribution in [0.15, 0.2) is 34.9 Å². The van der Waals surface area contributed by atoms with Crippen molar-refractivity contribution in [3.05, 3.63) is 40.6 Å². The minimum Gasteiger partial charge on any atom is -0.282 e. The summed E-state index contributed by atoms with van der Waals surface area (Å²) < 4.78 is 1.10. The molecule has 0 aliphatic heterocycles. The Morgan fingerprint density at radius 3 is 2.62 bits per heavy atom. The maximum atomic E-state index is 3.99. The molecule has 0 unspecified atom stereocenters. The molecule has 0 saturated heterocycles. The van der Waals surface area contributed by atoms with Gasteiger partial charge >= 0.3 is 0 Å². The van der Waals surface area contributed by atoms with Crippen LogP contribution in [0.3, 0.4) is 0 Å². The Hall–Kier alpha value is -1.09. The largest absolute Gasteiger partial charge is 0.282 e. The van der Waals surface area contributed by atoms with Crippen LogP contribution in [0.25, 0.3) is 11.1 Å². The molecule has 0 radical (unpaired) electrons. The van der Waals surface area contributed by atoms with E-state index in [0.717, 1.165) is 15.7 Å². The molecule has 0 atom stereocenters. The molecule has 3 heteroatoms. The Bertz CT molecular complexity index is 420. The van der Waals surface area contributed by atoms with E-state index >= 15 is 0 Å². The van der Waals surface area contributed by atoms with Crippen LogP contribution in [0, 0.1) is 6.92 Å². The fourth-order valence-electron chi connectivity index (χ4n) is 1.30. The van der Waals surface area contributed by atoms with Crippen molar-refractivity contribution in [3.8, 4) is 11.1 Å². The summed E-state index contributed by atoms with van der Waals surface area (Å²) >= 11 is 3.51. The number of aromatic nitrogens is 2. The molecule has 1 N–H and O–H groups in total. The minimum absolute atomic E-state index is 1.09. The standard InChI is InChI=1S/C10H9BrN2/c1-7-9(6-12-13-7)8-4-2-3-5-10(8)11/h2-6H,1H3,(H,12,13). The number of hydrogen-bond donors (Lipinski definition) is 1. The second kappa shape index (κ2) is 3.34. The third-order valence-electron chi connectivity index (χ3n) is 1.99. The quantitative estimate of drug-likeness (QED) is 0.810. The van der Waals surface area contributed by atoms with E-state index < -0.39 is 0 Å². The molecule has 2 nitrogen and oxygen atoms in total. The summed E-state index contributed by atoms with van der Waals surface area (Å²) in [5.41, 5.74) is 3.41. The number of aromatic amines is 1. The number of hydrogen-bond acceptors (Lipinski definition) is 1. The van der Waals surface area contributed by atoms with Gasteiger partial charge in [-0.25, -0.2) is 0 Å². The van der Waals surface area contributed by atoms with Gasteiger partial charge in [0.1, 0.15) is 0 Å². The second-order valence-corrected chi connectivity index (χ2v) is 3.74. The highest BCUT2D eigenvalue weighted by Crippen LogP contribution is 2.28. The Labute approximate surface area is 85.1 Å². The van der Waals surface area contributed by atoms with Crippen LogP contribution in [-0.4, -0.2) is 10.2 Å². The van der Waals surface area contributed by atoms with E-state index in [1.807, 2.05) is 31.3 Å². The predicted molar refractivity (Wildman–Crippen MR) is 56.5 cm³/mol. The highest BCUT2D eigenvalue weighted by Gasteiger charge is 2.05. The van der Waals surface area contributed by atoms with E-state index in [0.29, 0.717) is 0 Å². The molecule has 2 aromatic rings. The molecule has 0 amide bonds. The van der Waals surface area contributed by atoms with Gasteiger partial charge in [-0.05, 0) is 18.6 Å². The van der Waals surface area contributed by atoms with E-state index in [4.69, 9.17) is 0 Å². The van der Waals surface area contributed by atoms with Crippen molar-refractivity contribution in [1.29, 1.82) is 0 Å². The van der Waals surface area contributed by atoms with Crippen molar-refractivity contribution < 1.29 is 0 Å². The molecule has 0 fully saturated rings. The van der Waals surface area contributed by atoms with Gasteiger partial charge in [0, 0.05) is 15.7 Å². The van der Waals surface area contributed by atoms with E-state index in [9.17, 15) is 0 Å². The zero-order valence-electron chi connectivity index (χ0n) is 7.21. The van der Waals surface area contributed by atoms with Gasteiger partial charge in [0.15, 0.2) is 0 Å². The van der Waals surface area contributed by atoms with Crippen molar-refractivity contribution in [2.45, 2.75) is 6.92 Å². The molecule has 13 heavy (non-hydrogen) atoms. The molecule has 0 saturated carbocycles. The lowest BCUT2D eigenvalue weighted by molar-refractivity contribution is 1.05. The van der Waals surface area contributed by atoms with Crippen molar-refractivity contribution in [3.63, 3.8) is 0 Å². The Balaban J connectivity index is 2.59. The second-order valence-electron chi connectivity index (χ2n) is 2.89. The van der Waals surface area contributed by atoms with Crippen LogP contribution in [0.5, 0.6) is 0 Å². The van der Waals surface area contributed by atoms with Crippen LogP contribution >= 0.6 is 15.9 Å². The predicted octanol–water partition coefficient (Wildman–Crippen LogP) is 3.15. The van der Waals surface area contributed by atoms with Crippen molar-refractivity contribution in [1.82, 2.24) is 10.2 Å². The first-order chi connectivity index (χ1) is 6.29. The Morgan fingerprint density at radius 2 is 2.00 bits per heavy atom. The van der Waals surface area contributed by atoms with Gasteiger partial charge in [-0.3, -0.25) is 5.10 Å². The van der Waals surface area contributed by atoms with Gasteiger partial charge < -0.3 is 0 Å². The fourth-order valence-corrected chi connectivity index (χ4v) is 1.80. The van der Waals surface area contributed by atoms with Crippen LogP contribution < -0.4 is 0 Å². The number of halogens is 1. The molecular formula is C10H9BrN2. The zero-order valence-corrected chi connectivity index (χ0v) is 8.80. The summed E-state index contributed by atoms with van der Waals surface area (Å²) in [6, 6.07) is 8.12. The first-order valence-electron chi connectivity index (χ1n) is 4.04. The van der Waals surface area contributed by atoms with Crippen LogP contribution in [0.4, 0.5) is 0 Å². The van der Waals surface area contributed by atoms with Gasteiger partial charge in [-0.1, -0.05) is 34.1 Å². The number of H-pyrrole nitrogens is 1. The zero-order chi connectivity index (χ0) is 9.26.